The fourth-order valence-corrected chi connectivity index (χ4v) is 1.94. The molecule has 1 amide bonds. The van der Waals surface area contributed by atoms with Crippen LogP contribution in [0.3, 0.4) is 0 Å². The lowest BCUT2D eigenvalue weighted by Crippen LogP contribution is -2.21. The number of aromatic nitrogens is 2. The number of amides is 1. The van der Waals surface area contributed by atoms with Crippen molar-refractivity contribution in [2.45, 2.75) is 32.2 Å². The maximum atomic E-state index is 11.0. The average Bonchev–Trinajstić information content (AvgIpc) is 2.69. The van der Waals surface area contributed by atoms with Crippen LogP contribution in [0.25, 0.3) is 0 Å². The van der Waals surface area contributed by atoms with E-state index in [-0.39, 0.29) is 5.91 Å². The van der Waals surface area contributed by atoms with Gasteiger partial charge >= 0.3 is 0 Å². The van der Waals surface area contributed by atoms with Crippen molar-refractivity contribution in [2.75, 3.05) is 0 Å². The molecule has 2 rings (SSSR count). The first-order valence-electron chi connectivity index (χ1n) is 5.26. The van der Waals surface area contributed by atoms with Crippen LogP contribution in [0.5, 0.6) is 0 Å². The van der Waals surface area contributed by atoms with Gasteiger partial charge in [-0.1, -0.05) is 6.58 Å². The summed E-state index contributed by atoms with van der Waals surface area (Å²) < 4.78 is 0. The van der Waals surface area contributed by atoms with E-state index in [4.69, 9.17) is 0 Å². The zero-order chi connectivity index (χ0) is 10.7. The highest BCUT2D eigenvalue weighted by Crippen LogP contribution is 2.21. The molecule has 4 nitrogen and oxygen atoms in total. The standard InChI is InChI=1S/C11H15N3O/c1-2-11(15)12-7-10-8-5-3-4-6-9(8)13-14-10/h2H,1,3-7H2,(H,12,15)(H,13,14). The molecule has 0 unspecified atom stereocenters. The summed E-state index contributed by atoms with van der Waals surface area (Å²) in [5.74, 6) is -0.150. The highest BCUT2D eigenvalue weighted by atomic mass is 16.1. The van der Waals surface area contributed by atoms with Gasteiger partial charge in [0.25, 0.3) is 0 Å². The summed E-state index contributed by atoms with van der Waals surface area (Å²) in [5.41, 5.74) is 3.51. The number of carbonyl (C=O) groups is 1. The van der Waals surface area contributed by atoms with E-state index in [9.17, 15) is 4.79 Å². The van der Waals surface area contributed by atoms with Crippen LogP contribution in [0.2, 0.25) is 0 Å². The van der Waals surface area contributed by atoms with Gasteiger partial charge in [-0.15, -0.1) is 0 Å². The molecule has 0 spiro atoms. The Bertz CT molecular complexity index is 381. The lowest BCUT2D eigenvalue weighted by Gasteiger charge is -2.11. The van der Waals surface area contributed by atoms with Gasteiger partial charge in [0.15, 0.2) is 0 Å². The zero-order valence-corrected chi connectivity index (χ0v) is 8.68. The molecule has 0 saturated carbocycles. The van der Waals surface area contributed by atoms with Crippen LogP contribution in [0.1, 0.15) is 29.8 Å². The third-order valence-corrected chi connectivity index (χ3v) is 2.76. The van der Waals surface area contributed by atoms with Crippen molar-refractivity contribution in [3.63, 3.8) is 0 Å². The van der Waals surface area contributed by atoms with E-state index in [2.05, 4.69) is 22.1 Å². The second-order valence-corrected chi connectivity index (χ2v) is 3.76. The van der Waals surface area contributed by atoms with Crippen molar-refractivity contribution in [1.82, 2.24) is 15.5 Å². The SMILES string of the molecule is C=CC(=O)NCc1n[nH]c2c1CCCC2. The number of nitrogens with one attached hydrogen (secondary N) is 2. The first-order chi connectivity index (χ1) is 7.31. The van der Waals surface area contributed by atoms with Crippen LogP contribution < -0.4 is 5.32 Å². The molecule has 1 aromatic heterocycles. The average molecular weight is 205 g/mol. The van der Waals surface area contributed by atoms with E-state index in [0.29, 0.717) is 6.54 Å². The number of rotatable bonds is 3. The first-order valence-corrected chi connectivity index (χ1v) is 5.26. The van der Waals surface area contributed by atoms with Gasteiger partial charge in [-0.05, 0) is 37.3 Å². The number of H-pyrrole nitrogens is 1. The summed E-state index contributed by atoms with van der Waals surface area (Å²) in [6.45, 7) is 3.90. The predicted molar refractivity (Wildman–Crippen MR) is 57.3 cm³/mol. The van der Waals surface area contributed by atoms with E-state index in [1.165, 1.54) is 30.2 Å². The minimum absolute atomic E-state index is 0.150. The summed E-state index contributed by atoms with van der Waals surface area (Å²) in [6.07, 6.45) is 5.88. The summed E-state index contributed by atoms with van der Waals surface area (Å²) >= 11 is 0. The molecule has 0 aromatic carbocycles. The Kier molecular flexibility index (Phi) is 2.85. The molecule has 0 bridgehead atoms. The molecule has 0 aliphatic heterocycles. The summed E-state index contributed by atoms with van der Waals surface area (Å²) in [7, 11) is 0. The van der Waals surface area contributed by atoms with Crippen LogP contribution >= 0.6 is 0 Å². The van der Waals surface area contributed by atoms with Gasteiger partial charge in [0, 0.05) is 5.69 Å². The van der Waals surface area contributed by atoms with Crippen molar-refractivity contribution in [3.05, 3.63) is 29.6 Å². The quantitative estimate of drug-likeness (QED) is 0.726. The van der Waals surface area contributed by atoms with Crippen LogP contribution in [0.4, 0.5) is 0 Å². The maximum Gasteiger partial charge on any atom is 0.243 e. The molecule has 1 heterocycles. The highest BCUT2D eigenvalue weighted by molar-refractivity contribution is 5.86. The smallest absolute Gasteiger partial charge is 0.243 e. The van der Waals surface area contributed by atoms with E-state index in [1.807, 2.05) is 0 Å². The Morgan fingerprint density at radius 3 is 3.13 bits per heavy atom. The maximum absolute atomic E-state index is 11.0. The number of aryl methyl sites for hydroxylation is 1. The lowest BCUT2D eigenvalue weighted by molar-refractivity contribution is -0.116. The summed E-state index contributed by atoms with van der Waals surface area (Å²) in [5, 5.41) is 10.0. The number of aromatic amines is 1. The molecule has 0 radical (unpaired) electrons. The van der Waals surface area contributed by atoms with Crippen molar-refractivity contribution in [1.29, 1.82) is 0 Å². The zero-order valence-electron chi connectivity index (χ0n) is 8.68. The molecule has 0 fully saturated rings. The molecule has 0 saturated heterocycles. The molecular formula is C11H15N3O. The Hall–Kier alpha value is -1.58. The van der Waals surface area contributed by atoms with Gasteiger partial charge in [-0.3, -0.25) is 9.89 Å². The van der Waals surface area contributed by atoms with Crippen molar-refractivity contribution in [2.24, 2.45) is 0 Å². The molecule has 2 N–H and O–H groups in total. The van der Waals surface area contributed by atoms with Gasteiger partial charge in [0.2, 0.25) is 5.91 Å². The molecule has 1 aliphatic rings. The van der Waals surface area contributed by atoms with Crippen LogP contribution in [-0.2, 0) is 24.2 Å². The normalized spacial score (nSPS) is 14.4. The fourth-order valence-electron chi connectivity index (χ4n) is 1.94. The summed E-state index contributed by atoms with van der Waals surface area (Å²) in [6, 6.07) is 0. The van der Waals surface area contributed by atoms with Gasteiger partial charge in [-0.25, -0.2) is 0 Å². The van der Waals surface area contributed by atoms with Gasteiger partial charge in [0.05, 0.1) is 12.2 Å². The molecule has 80 valence electrons. The van der Waals surface area contributed by atoms with Crippen molar-refractivity contribution < 1.29 is 4.79 Å². The van der Waals surface area contributed by atoms with Crippen LogP contribution in [-0.4, -0.2) is 16.1 Å². The Balaban J connectivity index is 2.05. The van der Waals surface area contributed by atoms with E-state index in [1.54, 1.807) is 0 Å². The van der Waals surface area contributed by atoms with Crippen LogP contribution in [0, 0.1) is 0 Å². The second-order valence-electron chi connectivity index (χ2n) is 3.76. The number of hydrogen-bond donors (Lipinski definition) is 2. The van der Waals surface area contributed by atoms with Crippen molar-refractivity contribution in [3.8, 4) is 0 Å². The third-order valence-electron chi connectivity index (χ3n) is 2.76. The second kappa shape index (κ2) is 4.29. The molecule has 15 heavy (non-hydrogen) atoms. The van der Waals surface area contributed by atoms with Crippen LogP contribution in [0.15, 0.2) is 12.7 Å². The lowest BCUT2D eigenvalue weighted by atomic mass is 9.96. The minimum Gasteiger partial charge on any atom is -0.347 e. The largest absolute Gasteiger partial charge is 0.347 e. The Morgan fingerprint density at radius 2 is 2.33 bits per heavy atom. The summed E-state index contributed by atoms with van der Waals surface area (Å²) in [4.78, 5) is 11.0. The fraction of sp³-hybridized carbons (Fsp3) is 0.455. The van der Waals surface area contributed by atoms with E-state index >= 15 is 0 Å². The monoisotopic (exact) mass is 205 g/mol. The number of carbonyl (C=O) groups excluding carboxylic acids is 1. The Labute approximate surface area is 88.8 Å². The van der Waals surface area contributed by atoms with Gasteiger partial charge in [-0.2, -0.15) is 5.10 Å². The topological polar surface area (TPSA) is 57.8 Å². The molecular weight excluding hydrogens is 190 g/mol. The predicted octanol–water partition coefficient (Wildman–Crippen LogP) is 1.09. The number of nitrogens with zero attached hydrogens (tertiary/aromatic N) is 1. The van der Waals surface area contributed by atoms with Gasteiger partial charge in [0.1, 0.15) is 0 Å². The van der Waals surface area contributed by atoms with E-state index in [0.717, 1.165) is 18.5 Å². The highest BCUT2D eigenvalue weighted by Gasteiger charge is 2.16. The number of fused-ring (bicyclic) bond motifs is 1. The molecule has 0 atom stereocenters. The van der Waals surface area contributed by atoms with Gasteiger partial charge < -0.3 is 5.32 Å². The molecule has 1 aromatic rings. The molecule has 4 heteroatoms. The van der Waals surface area contributed by atoms with E-state index < -0.39 is 0 Å². The van der Waals surface area contributed by atoms with Crippen molar-refractivity contribution >= 4 is 5.91 Å². The minimum atomic E-state index is -0.150. The Morgan fingerprint density at radius 1 is 1.53 bits per heavy atom. The molecule has 1 aliphatic carbocycles. The third kappa shape index (κ3) is 2.09. The number of hydrogen-bond acceptors (Lipinski definition) is 2. The first kappa shape index (κ1) is 9.96.